The van der Waals surface area contributed by atoms with E-state index in [0.29, 0.717) is 10.2 Å². The predicted octanol–water partition coefficient (Wildman–Crippen LogP) is 4.09. The summed E-state index contributed by atoms with van der Waals surface area (Å²) in [5, 5.41) is 12.1. The molecule has 1 heterocycles. The Labute approximate surface area is 108 Å². The van der Waals surface area contributed by atoms with E-state index in [2.05, 4.69) is 27.3 Å². The minimum absolute atomic E-state index is 0.0512. The van der Waals surface area contributed by atoms with Gasteiger partial charge in [-0.15, -0.1) is 0 Å². The first-order valence-corrected chi connectivity index (χ1v) is 6.00. The van der Waals surface area contributed by atoms with Gasteiger partial charge in [-0.25, -0.2) is 0 Å². The average molecular weight is 291 g/mol. The van der Waals surface area contributed by atoms with Gasteiger partial charge >= 0.3 is 0 Å². The van der Waals surface area contributed by atoms with Gasteiger partial charge in [-0.3, -0.25) is 0 Å². The minimum Gasteiger partial charge on any atom is -0.452 e. The highest BCUT2D eigenvalue weighted by Gasteiger charge is 2.09. The van der Waals surface area contributed by atoms with E-state index >= 15 is 0 Å². The first-order valence-electron chi connectivity index (χ1n) is 5.21. The monoisotopic (exact) mass is 290 g/mol. The number of anilines is 1. The maximum absolute atomic E-state index is 8.81. The molecular weight excluding hydrogens is 280 g/mol. The van der Waals surface area contributed by atoms with E-state index in [0.717, 1.165) is 11.4 Å². The van der Waals surface area contributed by atoms with Gasteiger partial charge in [0.1, 0.15) is 5.76 Å². The number of halogens is 1. The summed E-state index contributed by atoms with van der Waals surface area (Å²) in [6, 6.07) is 13.3. The first kappa shape index (κ1) is 11.7. The lowest BCUT2D eigenvalue weighted by Crippen LogP contribution is -2.05. The Bertz CT molecular complexity index is 557. The van der Waals surface area contributed by atoms with Crippen molar-refractivity contribution < 1.29 is 4.42 Å². The molecule has 4 heteroatoms. The average Bonchev–Trinajstić information content (AvgIpc) is 2.76. The molecule has 1 atom stereocenters. The van der Waals surface area contributed by atoms with Crippen molar-refractivity contribution in [3.8, 4) is 6.07 Å². The highest BCUT2D eigenvalue weighted by molar-refractivity contribution is 9.10. The molecule has 3 nitrogen and oxygen atoms in total. The van der Waals surface area contributed by atoms with Crippen molar-refractivity contribution in [2.75, 3.05) is 5.32 Å². The zero-order chi connectivity index (χ0) is 12.3. The number of hydrogen-bond donors (Lipinski definition) is 1. The standard InChI is InChI=1S/C13H11BrN2O/c1-9(12-5-6-13(14)17-12)16-11-4-2-3-10(7-11)8-15/h2-7,9,16H,1H3. The molecule has 1 unspecified atom stereocenters. The number of nitrogens with zero attached hydrogens (tertiary/aromatic N) is 1. The van der Waals surface area contributed by atoms with Gasteiger partial charge in [0, 0.05) is 5.69 Å². The van der Waals surface area contributed by atoms with Gasteiger partial charge < -0.3 is 9.73 Å². The molecule has 0 bridgehead atoms. The van der Waals surface area contributed by atoms with Gasteiger partial charge in [-0.2, -0.15) is 5.26 Å². The molecular formula is C13H11BrN2O. The second-order valence-corrected chi connectivity index (χ2v) is 4.48. The summed E-state index contributed by atoms with van der Waals surface area (Å²) in [5.41, 5.74) is 1.55. The van der Waals surface area contributed by atoms with Crippen molar-refractivity contribution in [2.45, 2.75) is 13.0 Å². The molecule has 2 aromatic rings. The summed E-state index contributed by atoms with van der Waals surface area (Å²) >= 11 is 3.27. The molecule has 1 N–H and O–H groups in total. The van der Waals surface area contributed by atoms with Crippen LogP contribution >= 0.6 is 15.9 Å². The summed E-state index contributed by atoms with van der Waals surface area (Å²) in [6.45, 7) is 2.00. The normalized spacial score (nSPS) is 11.8. The smallest absolute Gasteiger partial charge is 0.169 e. The number of nitriles is 1. The van der Waals surface area contributed by atoms with Gasteiger partial charge in [-0.05, 0) is 53.2 Å². The molecule has 0 aliphatic heterocycles. The molecule has 0 saturated carbocycles. The molecule has 0 amide bonds. The largest absolute Gasteiger partial charge is 0.452 e. The highest BCUT2D eigenvalue weighted by atomic mass is 79.9. The molecule has 86 valence electrons. The second kappa shape index (κ2) is 5.07. The topological polar surface area (TPSA) is 49.0 Å². The zero-order valence-electron chi connectivity index (χ0n) is 9.27. The fourth-order valence-corrected chi connectivity index (χ4v) is 1.88. The Balaban J connectivity index is 2.13. The summed E-state index contributed by atoms with van der Waals surface area (Å²) < 4.78 is 6.18. The lowest BCUT2D eigenvalue weighted by Gasteiger charge is -2.12. The van der Waals surface area contributed by atoms with Crippen molar-refractivity contribution in [3.63, 3.8) is 0 Å². The lowest BCUT2D eigenvalue weighted by molar-refractivity contribution is 0.471. The first-order chi connectivity index (χ1) is 8.19. The quantitative estimate of drug-likeness (QED) is 0.926. The van der Waals surface area contributed by atoms with Crippen LogP contribution in [0.1, 0.15) is 24.3 Å². The summed E-state index contributed by atoms with van der Waals surface area (Å²) in [7, 11) is 0. The van der Waals surface area contributed by atoms with Crippen LogP contribution in [0.4, 0.5) is 5.69 Å². The third-order valence-electron chi connectivity index (χ3n) is 2.40. The molecule has 0 aliphatic rings. The number of rotatable bonds is 3. The van der Waals surface area contributed by atoms with Gasteiger partial charge in [0.15, 0.2) is 4.67 Å². The van der Waals surface area contributed by atoms with Crippen LogP contribution < -0.4 is 5.32 Å². The van der Waals surface area contributed by atoms with Gasteiger partial charge in [0.05, 0.1) is 17.7 Å². The van der Waals surface area contributed by atoms with Gasteiger partial charge in [0.2, 0.25) is 0 Å². The maximum atomic E-state index is 8.81. The van der Waals surface area contributed by atoms with E-state index in [-0.39, 0.29) is 6.04 Å². The highest BCUT2D eigenvalue weighted by Crippen LogP contribution is 2.23. The molecule has 0 saturated heterocycles. The van der Waals surface area contributed by atoms with Crippen molar-refractivity contribution in [2.24, 2.45) is 0 Å². The zero-order valence-corrected chi connectivity index (χ0v) is 10.9. The third kappa shape index (κ3) is 2.89. The predicted molar refractivity (Wildman–Crippen MR) is 69.6 cm³/mol. The van der Waals surface area contributed by atoms with Crippen LogP contribution in [0.25, 0.3) is 0 Å². The maximum Gasteiger partial charge on any atom is 0.169 e. The van der Waals surface area contributed by atoms with E-state index in [4.69, 9.17) is 9.68 Å². The molecule has 2 rings (SSSR count). The molecule has 1 aromatic heterocycles. The number of benzene rings is 1. The van der Waals surface area contributed by atoms with E-state index in [9.17, 15) is 0 Å². The van der Waals surface area contributed by atoms with Crippen molar-refractivity contribution in [1.29, 1.82) is 5.26 Å². The minimum atomic E-state index is 0.0512. The van der Waals surface area contributed by atoms with Crippen LogP contribution in [0.3, 0.4) is 0 Å². The van der Waals surface area contributed by atoms with Gasteiger partial charge in [0.25, 0.3) is 0 Å². The van der Waals surface area contributed by atoms with E-state index < -0.39 is 0 Å². The van der Waals surface area contributed by atoms with Crippen LogP contribution in [0, 0.1) is 11.3 Å². The van der Waals surface area contributed by atoms with Gasteiger partial charge in [-0.1, -0.05) is 6.07 Å². The van der Waals surface area contributed by atoms with E-state index in [1.807, 2.05) is 37.3 Å². The van der Waals surface area contributed by atoms with Crippen LogP contribution in [-0.4, -0.2) is 0 Å². The van der Waals surface area contributed by atoms with Crippen molar-refractivity contribution in [1.82, 2.24) is 0 Å². The SMILES string of the molecule is CC(Nc1cccc(C#N)c1)c1ccc(Br)o1. The van der Waals surface area contributed by atoms with Crippen LogP contribution in [0.5, 0.6) is 0 Å². The Morgan fingerprint density at radius 1 is 1.35 bits per heavy atom. The Hall–Kier alpha value is -1.73. The molecule has 0 spiro atoms. The van der Waals surface area contributed by atoms with Crippen molar-refractivity contribution >= 4 is 21.6 Å². The molecule has 0 aliphatic carbocycles. The second-order valence-electron chi connectivity index (χ2n) is 3.70. The third-order valence-corrected chi connectivity index (χ3v) is 2.82. The lowest BCUT2D eigenvalue weighted by atomic mass is 10.2. The van der Waals surface area contributed by atoms with Crippen molar-refractivity contribution in [3.05, 3.63) is 52.4 Å². The van der Waals surface area contributed by atoms with E-state index in [1.54, 1.807) is 6.07 Å². The van der Waals surface area contributed by atoms with Crippen LogP contribution in [-0.2, 0) is 0 Å². The van der Waals surface area contributed by atoms with E-state index in [1.165, 1.54) is 0 Å². The van der Waals surface area contributed by atoms with Crippen LogP contribution in [0.15, 0.2) is 45.5 Å². The Morgan fingerprint density at radius 2 is 2.18 bits per heavy atom. The molecule has 1 aromatic carbocycles. The number of nitrogens with one attached hydrogen (secondary N) is 1. The molecule has 0 fully saturated rings. The number of furan rings is 1. The molecule has 17 heavy (non-hydrogen) atoms. The summed E-state index contributed by atoms with van der Waals surface area (Å²) in [5.74, 6) is 0.847. The summed E-state index contributed by atoms with van der Waals surface area (Å²) in [4.78, 5) is 0. The molecule has 0 radical (unpaired) electrons. The Morgan fingerprint density at radius 3 is 2.82 bits per heavy atom. The van der Waals surface area contributed by atoms with Crippen LogP contribution in [0.2, 0.25) is 0 Å². The fraction of sp³-hybridized carbons (Fsp3) is 0.154. The summed E-state index contributed by atoms with van der Waals surface area (Å²) in [6.07, 6.45) is 0. The Kier molecular flexibility index (Phi) is 3.50. The fourth-order valence-electron chi connectivity index (χ4n) is 1.56. The number of hydrogen-bond acceptors (Lipinski definition) is 3.